The van der Waals surface area contributed by atoms with E-state index in [-0.39, 0.29) is 12.1 Å². The SMILES string of the molecule is C=C(Cl)CNC(C)(CC)CO. The maximum Gasteiger partial charge on any atom is 0.0610 e. The van der Waals surface area contributed by atoms with Crippen LogP contribution in [0.2, 0.25) is 0 Å². The van der Waals surface area contributed by atoms with E-state index in [1.165, 1.54) is 0 Å². The lowest BCUT2D eigenvalue weighted by molar-refractivity contribution is 0.174. The zero-order valence-electron chi connectivity index (χ0n) is 7.15. The molecule has 2 nitrogen and oxygen atoms in total. The summed E-state index contributed by atoms with van der Waals surface area (Å²) >= 11 is 5.56. The van der Waals surface area contributed by atoms with Gasteiger partial charge in [-0.15, -0.1) is 0 Å². The fourth-order valence-corrected chi connectivity index (χ4v) is 0.669. The van der Waals surface area contributed by atoms with Crippen LogP contribution < -0.4 is 5.32 Å². The molecule has 0 amide bonds. The molecule has 3 heteroatoms. The quantitative estimate of drug-likeness (QED) is 0.667. The summed E-state index contributed by atoms with van der Waals surface area (Å²) < 4.78 is 0. The predicted octanol–water partition coefficient (Wildman–Crippen LogP) is 1.49. The summed E-state index contributed by atoms with van der Waals surface area (Å²) in [5, 5.41) is 12.6. The van der Waals surface area contributed by atoms with E-state index in [1.807, 2.05) is 13.8 Å². The minimum atomic E-state index is -0.224. The van der Waals surface area contributed by atoms with Crippen molar-refractivity contribution in [1.82, 2.24) is 5.32 Å². The maximum absolute atomic E-state index is 8.96. The molecule has 0 rings (SSSR count). The molecule has 0 radical (unpaired) electrons. The number of hydrogen-bond donors (Lipinski definition) is 2. The Morgan fingerprint density at radius 1 is 1.73 bits per heavy atom. The maximum atomic E-state index is 8.96. The number of aliphatic hydroxyl groups excluding tert-OH is 1. The zero-order chi connectivity index (χ0) is 8.91. The van der Waals surface area contributed by atoms with Crippen molar-refractivity contribution >= 4 is 11.6 Å². The van der Waals surface area contributed by atoms with E-state index in [0.717, 1.165) is 6.42 Å². The summed E-state index contributed by atoms with van der Waals surface area (Å²) in [6.07, 6.45) is 0.869. The van der Waals surface area contributed by atoms with Gasteiger partial charge in [-0.25, -0.2) is 0 Å². The van der Waals surface area contributed by atoms with Crippen molar-refractivity contribution in [3.8, 4) is 0 Å². The van der Waals surface area contributed by atoms with Gasteiger partial charge in [0.25, 0.3) is 0 Å². The second-order valence-corrected chi connectivity index (χ2v) is 3.48. The van der Waals surface area contributed by atoms with Gasteiger partial charge in [-0.05, 0) is 13.3 Å². The number of halogens is 1. The molecule has 0 aromatic rings. The fourth-order valence-electron chi connectivity index (χ4n) is 0.602. The number of rotatable bonds is 5. The minimum absolute atomic E-state index is 0.119. The molecule has 66 valence electrons. The second kappa shape index (κ2) is 4.75. The first-order chi connectivity index (χ1) is 5.04. The molecule has 0 bridgehead atoms. The van der Waals surface area contributed by atoms with Crippen LogP contribution in [0.15, 0.2) is 11.6 Å². The Morgan fingerprint density at radius 3 is 2.55 bits per heavy atom. The average Bonchev–Trinajstić information content (AvgIpc) is 2.00. The van der Waals surface area contributed by atoms with Gasteiger partial charge >= 0.3 is 0 Å². The highest BCUT2D eigenvalue weighted by molar-refractivity contribution is 6.29. The van der Waals surface area contributed by atoms with Crippen molar-refractivity contribution < 1.29 is 5.11 Å². The van der Waals surface area contributed by atoms with Crippen LogP contribution in [-0.2, 0) is 0 Å². The summed E-state index contributed by atoms with van der Waals surface area (Å²) in [6, 6.07) is 0. The first kappa shape index (κ1) is 11.0. The van der Waals surface area contributed by atoms with Gasteiger partial charge in [-0.3, -0.25) is 0 Å². The van der Waals surface area contributed by atoms with Crippen LogP contribution in [-0.4, -0.2) is 23.8 Å². The molecule has 0 aliphatic carbocycles. The molecule has 1 unspecified atom stereocenters. The number of hydrogen-bond acceptors (Lipinski definition) is 2. The average molecular weight is 178 g/mol. The molecule has 0 spiro atoms. The van der Waals surface area contributed by atoms with E-state index in [2.05, 4.69) is 11.9 Å². The topological polar surface area (TPSA) is 32.3 Å². The third kappa shape index (κ3) is 4.40. The van der Waals surface area contributed by atoms with Crippen molar-refractivity contribution in [3.05, 3.63) is 11.6 Å². The van der Waals surface area contributed by atoms with Crippen LogP contribution >= 0.6 is 11.6 Å². The third-order valence-electron chi connectivity index (χ3n) is 1.84. The Kier molecular flexibility index (Phi) is 4.73. The molecule has 0 aliphatic heterocycles. The van der Waals surface area contributed by atoms with Gasteiger partial charge < -0.3 is 10.4 Å². The Labute approximate surface area is 73.3 Å². The molecular formula is C8H16ClNO. The van der Waals surface area contributed by atoms with E-state index in [0.29, 0.717) is 11.6 Å². The monoisotopic (exact) mass is 177 g/mol. The van der Waals surface area contributed by atoms with Gasteiger partial charge in [0, 0.05) is 17.1 Å². The molecule has 0 fully saturated rings. The van der Waals surface area contributed by atoms with Crippen LogP contribution in [0.25, 0.3) is 0 Å². The largest absolute Gasteiger partial charge is 0.394 e. The summed E-state index contributed by atoms with van der Waals surface area (Å²) in [7, 11) is 0. The van der Waals surface area contributed by atoms with Crippen molar-refractivity contribution in [2.45, 2.75) is 25.8 Å². The molecule has 0 heterocycles. The second-order valence-electron chi connectivity index (χ2n) is 2.94. The standard InChI is InChI=1S/C8H16ClNO/c1-4-8(3,6-11)10-5-7(2)9/h10-11H,2,4-6H2,1,3H3. The molecule has 0 saturated carbocycles. The van der Waals surface area contributed by atoms with E-state index in [9.17, 15) is 0 Å². The molecule has 1 atom stereocenters. The van der Waals surface area contributed by atoms with E-state index >= 15 is 0 Å². The lowest BCUT2D eigenvalue weighted by Crippen LogP contribution is -2.45. The van der Waals surface area contributed by atoms with Gasteiger partial charge in [0.15, 0.2) is 0 Å². The highest BCUT2D eigenvalue weighted by Gasteiger charge is 2.19. The Morgan fingerprint density at radius 2 is 2.27 bits per heavy atom. The highest BCUT2D eigenvalue weighted by Crippen LogP contribution is 2.08. The normalized spacial score (nSPS) is 16.0. The lowest BCUT2D eigenvalue weighted by atomic mass is 10.0. The summed E-state index contributed by atoms with van der Waals surface area (Å²) in [4.78, 5) is 0. The first-order valence-electron chi connectivity index (χ1n) is 3.73. The van der Waals surface area contributed by atoms with Gasteiger partial charge in [-0.2, -0.15) is 0 Å². The molecule has 0 aromatic carbocycles. The summed E-state index contributed by atoms with van der Waals surface area (Å²) in [5.41, 5.74) is -0.224. The lowest BCUT2D eigenvalue weighted by Gasteiger charge is -2.26. The Balaban J connectivity index is 3.78. The number of nitrogens with one attached hydrogen (secondary N) is 1. The smallest absolute Gasteiger partial charge is 0.0610 e. The molecule has 0 saturated heterocycles. The van der Waals surface area contributed by atoms with E-state index in [4.69, 9.17) is 16.7 Å². The Hall–Kier alpha value is -0.0500. The molecule has 0 aliphatic rings. The molecule has 11 heavy (non-hydrogen) atoms. The van der Waals surface area contributed by atoms with Crippen LogP contribution in [0, 0.1) is 0 Å². The molecular weight excluding hydrogens is 162 g/mol. The fraction of sp³-hybridized carbons (Fsp3) is 0.750. The summed E-state index contributed by atoms with van der Waals surface area (Å²) in [6.45, 7) is 8.18. The van der Waals surface area contributed by atoms with Crippen LogP contribution in [0.4, 0.5) is 0 Å². The molecule has 2 N–H and O–H groups in total. The number of aliphatic hydroxyl groups is 1. The van der Waals surface area contributed by atoms with Crippen LogP contribution in [0.3, 0.4) is 0 Å². The van der Waals surface area contributed by atoms with Gasteiger partial charge in [0.1, 0.15) is 0 Å². The third-order valence-corrected chi connectivity index (χ3v) is 1.97. The predicted molar refractivity (Wildman–Crippen MR) is 48.8 cm³/mol. The van der Waals surface area contributed by atoms with Gasteiger partial charge in [0.2, 0.25) is 0 Å². The van der Waals surface area contributed by atoms with Crippen LogP contribution in [0.5, 0.6) is 0 Å². The first-order valence-corrected chi connectivity index (χ1v) is 4.11. The highest BCUT2D eigenvalue weighted by atomic mass is 35.5. The van der Waals surface area contributed by atoms with Crippen molar-refractivity contribution in [2.75, 3.05) is 13.2 Å². The minimum Gasteiger partial charge on any atom is -0.394 e. The van der Waals surface area contributed by atoms with Gasteiger partial charge in [-0.1, -0.05) is 25.1 Å². The van der Waals surface area contributed by atoms with E-state index < -0.39 is 0 Å². The van der Waals surface area contributed by atoms with Crippen molar-refractivity contribution in [2.24, 2.45) is 0 Å². The van der Waals surface area contributed by atoms with Crippen molar-refractivity contribution in [3.63, 3.8) is 0 Å². The molecule has 0 aromatic heterocycles. The summed E-state index contributed by atoms with van der Waals surface area (Å²) in [5.74, 6) is 0. The zero-order valence-corrected chi connectivity index (χ0v) is 7.91. The van der Waals surface area contributed by atoms with E-state index in [1.54, 1.807) is 0 Å². The van der Waals surface area contributed by atoms with Crippen molar-refractivity contribution in [1.29, 1.82) is 0 Å². The van der Waals surface area contributed by atoms with Gasteiger partial charge in [0.05, 0.1) is 6.61 Å². The van der Waals surface area contributed by atoms with Crippen LogP contribution in [0.1, 0.15) is 20.3 Å². The Bertz CT molecular complexity index is 132.